The molecule has 5 heteroatoms. The summed E-state index contributed by atoms with van der Waals surface area (Å²) in [5.41, 5.74) is 0.384. The molecule has 1 N–H and O–H groups in total. The first kappa shape index (κ1) is 16.6. The van der Waals surface area contributed by atoms with Crippen LogP contribution >= 0.6 is 0 Å². The van der Waals surface area contributed by atoms with E-state index in [4.69, 9.17) is 16.3 Å². The molecular weight excluding hydrogens is 270 g/mol. The van der Waals surface area contributed by atoms with Crippen LogP contribution in [0.25, 0.3) is 0 Å². The van der Waals surface area contributed by atoms with Gasteiger partial charge >= 0.3 is 5.97 Å². The average Bonchev–Trinajstić information content (AvgIpc) is 2.47. The zero-order chi connectivity index (χ0) is 15.7. The van der Waals surface area contributed by atoms with Gasteiger partial charge in [-0.3, -0.25) is 9.59 Å². The van der Waals surface area contributed by atoms with Crippen LogP contribution in [0, 0.1) is 12.3 Å². The van der Waals surface area contributed by atoms with Gasteiger partial charge in [-0.05, 0) is 30.7 Å². The molecule has 0 radical (unpaired) electrons. The Kier molecular flexibility index (Phi) is 6.82. The second-order valence-electron chi connectivity index (χ2n) is 4.49. The largest absolute Gasteiger partial charge is 0.494 e. The van der Waals surface area contributed by atoms with E-state index in [1.165, 1.54) is 0 Å². The van der Waals surface area contributed by atoms with Gasteiger partial charge in [0.25, 0.3) is 5.91 Å². The van der Waals surface area contributed by atoms with Gasteiger partial charge in [0.2, 0.25) is 0 Å². The highest BCUT2D eigenvalue weighted by Gasteiger charge is 2.17. The zero-order valence-electron chi connectivity index (χ0n) is 12.0. The molecule has 0 aliphatic heterocycles. The molecule has 0 aromatic heterocycles. The van der Waals surface area contributed by atoms with Crippen LogP contribution in [-0.4, -0.2) is 41.6 Å². The van der Waals surface area contributed by atoms with Crippen molar-refractivity contribution in [3.8, 4) is 18.1 Å². The van der Waals surface area contributed by atoms with Crippen molar-refractivity contribution in [1.29, 1.82) is 0 Å². The molecular formula is C16H19NO4. The summed E-state index contributed by atoms with van der Waals surface area (Å²) in [6.07, 6.45) is 7.17. The highest BCUT2D eigenvalue weighted by molar-refractivity contribution is 5.96. The van der Waals surface area contributed by atoms with Crippen molar-refractivity contribution in [2.45, 2.75) is 19.8 Å². The first-order chi connectivity index (χ1) is 10.1. The molecule has 0 heterocycles. The smallest absolute Gasteiger partial charge is 0.323 e. The third-order valence-electron chi connectivity index (χ3n) is 2.76. The Bertz CT molecular complexity index is 516. The first-order valence-electron chi connectivity index (χ1n) is 6.75. The number of unbranched alkanes of at least 4 members (excludes halogenated alkanes) is 1. The quantitative estimate of drug-likeness (QED) is 0.587. The predicted octanol–water partition coefficient (Wildman–Crippen LogP) is 2.03. The van der Waals surface area contributed by atoms with E-state index in [2.05, 4.69) is 12.8 Å². The molecule has 0 fully saturated rings. The van der Waals surface area contributed by atoms with E-state index in [0.29, 0.717) is 17.9 Å². The number of carbonyl (C=O) groups is 2. The number of benzene rings is 1. The van der Waals surface area contributed by atoms with Crippen molar-refractivity contribution in [3.63, 3.8) is 0 Å². The van der Waals surface area contributed by atoms with Crippen molar-refractivity contribution >= 4 is 11.9 Å². The minimum atomic E-state index is -1.10. The Hall–Kier alpha value is -2.48. The molecule has 1 amide bonds. The number of amides is 1. The molecule has 0 saturated heterocycles. The molecule has 1 aromatic carbocycles. The van der Waals surface area contributed by atoms with Crippen LogP contribution in [0.15, 0.2) is 24.3 Å². The van der Waals surface area contributed by atoms with E-state index in [0.717, 1.165) is 17.7 Å². The SMILES string of the molecule is C#CCN(CC(=O)O)C(=O)c1ccc(OCCCC)cc1. The van der Waals surface area contributed by atoms with Gasteiger partial charge in [-0.15, -0.1) is 6.42 Å². The van der Waals surface area contributed by atoms with Gasteiger partial charge in [-0.2, -0.15) is 0 Å². The van der Waals surface area contributed by atoms with Crippen molar-refractivity contribution in [2.24, 2.45) is 0 Å². The number of carbonyl (C=O) groups excluding carboxylic acids is 1. The Morgan fingerprint density at radius 1 is 1.33 bits per heavy atom. The Morgan fingerprint density at radius 2 is 2.00 bits per heavy atom. The van der Waals surface area contributed by atoms with Crippen LogP contribution in [0.3, 0.4) is 0 Å². The van der Waals surface area contributed by atoms with Crippen LogP contribution < -0.4 is 4.74 Å². The number of hydrogen-bond acceptors (Lipinski definition) is 3. The average molecular weight is 289 g/mol. The minimum Gasteiger partial charge on any atom is -0.494 e. The number of nitrogens with zero attached hydrogens (tertiary/aromatic N) is 1. The van der Waals surface area contributed by atoms with Gasteiger partial charge in [0.1, 0.15) is 12.3 Å². The van der Waals surface area contributed by atoms with E-state index >= 15 is 0 Å². The lowest BCUT2D eigenvalue weighted by Crippen LogP contribution is -2.35. The van der Waals surface area contributed by atoms with Crippen LogP contribution in [0.5, 0.6) is 5.75 Å². The van der Waals surface area contributed by atoms with Gasteiger partial charge in [-0.25, -0.2) is 0 Å². The summed E-state index contributed by atoms with van der Waals surface area (Å²) in [6.45, 7) is 2.25. The Morgan fingerprint density at radius 3 is 2.52 bits per heavy atom. The van der Waals surface area contributed by atoms with Gasteiger partial charge in [0.15, 0.2) is 0 Å². The van der Waals surface area contributed by atoms with Gasteiger partial charge in [-0.1, -0.05) is 19.3 Å². The third-order valence-corrected chi connectivity index (χ3v) is 2.76. The molecule has 112 valence electrons. The molecule has 0 spiro atoms. The number of carboxylic acid groups (broad SMARTS) is 1. The van der Waals surface area contributed by atoms with Gasteiger partial charge < -0.3 is 14.7 Å². The lowest BCUT2D eigenvalue weighted by Gasteiger charge is -2.18. The minimum absolute atomic E-state index is 0.0418. The number of ether oxygens (including phenoxy) is 1. The second kappa shape index (κ2) is 8.64. The van der Waals surface area contributed by atoms with Crippen LogP contribution in [0.1, 0.15) is 30.1 Å². The van der Waals surface area contributed by atoms with Crippen molar-refractivity contribution in [3.05, 3.63) is 29.8 Å². The molecule has 0 bridgehead atoms. The molecule has 1 rings (SSSR count). The van der Waals surface area contributed by atoms with E-state index < -0.39 is 18.4 Å². The van der Waals surface area contributed by atoms with Crippen LogP contribution in [-0.2, 0) is 4.79 Å². The maximum atomic E-state index is 12.2. The molecule has 21 heavy (non-hydrogen) atoms. The monoisotopic (exact) mass is 289 g/mol. The number of aliphatic carboxylic acids is 1. The summed E-state index contributed by atoms with van der Waals surface area (Å²) < 4.78 is 5.50. The molecule has 0 unspecified atom stereocenters. The van der Waals surface area contributed by atoms with Crippen LogP contribution in [0.2, 0.25) is 0 Å². The summed E-state index contributed by atoms with van der Waals surface area (Å²) in [7, 11) is 0. The van der Waals surface area contributed by atoms with E-state index in [1.54, 1.807) is 24.3 Å². The lowest BCUT2D eigenvalue weighted by atomic mass is 10.2. The Balaban J connectivity index is 2.72. The lowest BCUT2D eigenvalue weighted by molar-refractivity contribution is -0.137. The van der Waals surface area contributed by atoms with Gasteiger partial charge in [0.05, 0.1) is 13.2 Å². The second-order valence-corrected chi connectivity index (χ2v) is 4.49. The first-order valence-corrected chi connectivity index (χ1v) is 6.75. The topological polar surface area (TPSA) is 66.8 Å². The van der Waals surface area contributed by atoms with Crippen molar-refractivity contribution < 1.29 is 19.4 Å². The molecule has 0 aliphatic carbocycles. The van der Waals surface area contributed by atoms with Crippen LogP contribution in [0.4, 0.5) is 0 Å². The molecule has 1 aromatic rings. The Labute approximate surface area is 124 Å². The van der Waals surface area contributed by atoms with Crippen molar-refractivity contribution in [1.82, 2.24) is 4.90 Å². The summed E-state index contributed by atoms with van der Waals surface area (Å²) in [4.78, 5) is 24.0. The normalized spacial score (nSPS) is 9.71. The van der Waals surface area contributed by atoms with E-state index in [9.17, 15) is 9.59 Å². The fourth-order valence-corrected chi connectivity index (χ4v) is 1.68. The fourth-order valence-electron chi connectivity index (χ4n) is 1.68. The maximum Gasteiger partial charge on any atom is 0.323 e. The fraction of sp³-hybridized carbons (Fsp3) is 0.375. The van der Waals surface area contributed by atoms with E-state index in [-0.39, 0.29) is 6.54 Å². The summed E-state index contributed by atoms with van der Waals surface area (Å²) in [5.74, 6) is 1.46. The van der Waals surface area contributed by atoms with Gasteiger partial charge in [0, 0.05) is 5.56 Å². The number of terminal acetylenes is 1. The highest BCUT2D eigenvalue weighted by atomic mass is 16.5. The number of rotatable bonds is 8. The summed E-state index contributed by atoms with van der Waals surface area (Å²) in [6, 6.07) is 6.60. The summed E-state index contributed by atoms with van der Waals surface area (Å²) >= 11 is 0. The molecule has 0 aliphatic rings. The third kappa shape index (κ3) is 5.57. The molecule has 0 saturated carbocycles. The standard InChI is InChI=1S/C16H19NO4/c1-3-5-11-21-14-8-6-13(7-9-14)16(20)17(10-4-2)12-15(18)19/h2,6-9H,3,5,10-12H2,1H3,(H,18,19). The molecule has 0 atom stereocenters. The highest BCUT2D eigenvalue weighted by Crippen LogP contribution is 2.14. The molecule has 5 nitrogen and oxygen atoms in total. The zero-order valence-corrected chi connectivity index (χ0v) is 12.0. The summed E-state index contributed by atoms with van der Waals surface area (Å²) in [5, 5.41) is 8.79. The van der Waals surface area contributed by atoms with E-state index in [1.807, 2.05) is 0 Å². The number of carboxylic acids is 1. The maximum absolute atomic E-state index is 12.2. The number of hydrogen-bond donors (Lipinski definition) is 1. The predicted molar refractivity (Wildman–Crippen MR) is 79.2 cm³/mol. The van der Waals surface area contributed by atoms with Crippen molar-refractivity contribution in [2.75, 3.05) is 19.7 Å².